The summed E-state index contributed by atoms with van der Waals surface area (Å²) < 4.78 is 35.6. The molecule has 13 heteroatoms. The van der Waals surface area contributed by atoms with Gasteiger partial charge in [-0.2, -0.15) is 5.10 Å². The number of fused-ring (bicyclic) bond motifs is 1. The molecule has 1 saturated heterocycles. The van der Waals surface area contributed by atoms with Crippen molar-refractivity contribution in [2.45, 2.75) is 37.6 Å². The van der Waals surface area contributed by atoms with Gasteiger partial charge in [0.2, 0.25) is 10.0 Å². The predicted octanol–water partition coefficient (Wildman–Crippen LogP) is 1.32. The fourth-order valence-corrected chi connectivity index (χ4v) is 5.16. The third kappa shape index (κ3) is 4.35. The summed E-state index contributed by atoms with van der Waals surface area (Å²) in [5.74, 6) is 0.537. The van der Waals surface area contributed by atoms with Crippen molar-refractivity contribution in [3.8, 4) is 17.1 Å². The van der Waals surface area contributed by atoms with Crippen LogP contribution in [-0.2, 0) is 23.5 Å². The Morgan fingerprint density at radius 2 is 2.06 bits per heavy atom. The number of nitrogens with one attached hydrogen (secondary N) is 2. The monoisotopic (exact) mass is 490 g/mol. The molecule has 0 unspecified atom stereocenters. The van der Waals surface area contributed by atoms with E-state index in [4.69, 9.17) is 9.84 Å². The maximum atomic E-state index is 13.0. The lowest BCUT2D eigenvalue weighted by Crippen LogP contribution is -2.60. The van der Waals surface area contributed by atoms with Crippen molar-refractivity contribution in [1.29, 1.82) is 0 Å². The summed E-state index contributed by atoms with van der Waals surface area (Å²) in [6.45, 7) is 4.27. The number of carboxylic acid groups (broad SMARTS) is 1. The zero-order valence-electron chi connectivity index (χ0n) is 19.0. The van der Waals surface area contributed by atoms with Crippen molar-refractivity contribution in [2.75, 3.05) is 19.7 Å². The van der Waals surface area contributed by atoms with Crippen LogP contribution < -0.4 is 15.0 Å². The van der Waals surface area contributed by atoms with Crippen molar-refractivity contribution in [3.63, 3.8) is 0 Å². The van der Waals surface area contributed by atoms with E-state index in [1.165, 1.54) is 22.9 Å². The Balaban J connectivity index is 1.76. The van der Waals surface area contributed by atoms with E-state index < -0.39 is 27.7 Å². The summed E-state index contributed by atoms with van der Waals surface area (Å²) in [4.78, 5) is 32.2. The normalized spacial score (nSPS) is 14.4. The fraction of sp³-hybridized carbons (Fsp3) is 0.429. The van der Waals surface area contributed by atoms with Gasteiger partial charge in [0, 0.05) is 20.1 Å². The number of hydrogen-bond donors (Lipinski definition) is 3. The molecule has 1 aliphatic heterocycles. The molecule has 3 heterocycles. The first kappa shape index (κ1) is 23.7. The topological polar surface area (TPSA) is 160 Å². The Bertz CT molecular complexity index is 1410. The molecule has 3 N–H and O–H groups in total. The summed E-state index contributed by atoms with van der Waals surface area (Å²) in [5.41, 5.74) is 1.40. The lowest BCUT2D eigenvalue weighted by molar-refractivity contribution is 0.102. The molecular formula is C21H26N6O6S. The second-order valence-electron chi connectivity index (χ2n) is 8.03. The second kappa shape index (κ2) is 9.06. The Morgan fingerprint density at radius 3 is 2.71 bits per heavy atom. The number of nitrogens with zero attached hydrogens (tertiary/aromatic N) is 4. The molecule has 0 atom stereocenters. The number of rotatable bonds is 8. The summed E-state index contributed by atoms with van der Waals surface area (Å²) in [6, 6.07) is 3.78. The number of amides is 1. The molecule has 34 heavy (non-hydrogen) atoms. The number of benzene rings is 1. The van der Waals surface area contributed by atoms with Crippen LogP contribution in [0.15, 0.2) is 27.9 Å². The van der Waals surface area contributed by atoms with Crippen LogP contribution in [0.25, 0.3) is 22.4 Å². The van der Waals surface area contributed by atoms with Crippen LogP contribution in [-0.4, -0.2) is 70.0 Å². The van der Waals surface area contributed by atoms with Crippen molar-refractivity contribution in [2.24, 2.45) is 7.05 Å². The van der Waals surface area contributed by atoms with Crippen molar-refractivity contribution < 1.29 is 23.1 Å². The van der Waals surface area contributed by atoms with Gasteiger partial charge in [0.05, 0.1) is 28.8 Å². The number of sulfonamides is 1. The number of carbonyl (C=O) groups is 1. The molecule has 2 aromatic heterocycles. The van der Waals surface area contributed by atoms with E-state index in [0.29, 0.717) is 41.1 Å². The minimum atomic E-state index is -3.96. The number of aromatic nitrogens is 4. The smallest absolute Gasteiger partial charge is 0.407 e. The summed E-state index contributed by atoms with van der Waals surface area (Å²) in [6.07, 6.45) is 0.362. The van der Waals surface area contributed by atoms with Crippen LogP contribution in [0.4, 0.5) is 4.79 Å². The first-order valence-corrected chi connectivity index (χ1v) is 12.4. The van der Waals surface area contributed by atoms with Crippen molar-refractivity contribution >= 4 is 27.1 Å². The van der Waals surface area contributed by atoms with Gasteiger partial charge in [0.1, 0.15) is 17.1 Å². The first-order valence-electron chi connectivity index (χ1n) is 10.9. The molecule has 0 bridgehead atoms. The fourth-order valence-electron chi connectivity index (χ4n) is 3.92. The van der Waals surface area contributed by atoms with Gasteiger partial charge in [-0.05, 0) is 31.5 Å². The molecule has 1 aliphatic rings. The molecule has 1 amide bonds. The van der Waals surface area contributed by atoms with E-state index in [0.717, 1.165) is 11.3 Å². The van der Waals surface area contributed by atoms with Crippen LogP contribution in [0.5, 0.6) is 5.75 Å². The maximum Gasteiger partial charge on any atom is 0.407 e. The number of H-pyrrole nitrogens is 1. The number of hydrogen-bond acceptors (Lipinski definition) is 7. The van der Waals surface area contributed by atoms with Gasteiger partial charge < -0.3 is 19.7 Å². The van der Waals surface area contributed by atoms with Gasteiger partial charge in [-0.15, -0.1) is 0 Å². The standard InChI is InChI=1S/C21H26N6O6S/c1-4-6-15-17-18(26(3)24-15)20(28)23-19(22-17)14-9-13(7-8-16(14)33-5-2)34(31,32)25-12-10-27(11-12)21(29)30/h7-9,12,25H,4-6,10-11H2,1-3H3,(H,29,30)(H,22,23,28). The van der Waals surface area contributed by atoms with E-state index in [-0.39, 0.29) is 23.8 Å². The van der Waals surface area contributed by atoms with Gasteiger partial charge in [0.25, 0.3) is 5.56 Å². The predicted molar refractivity (Wildman–Crippen MR) is 123 cm³/mol. The van der Waals surface area contributed by atoms with E-state index in [2.05, 4.69) is 19.8 Å². The summed E-state index contributed by atoms with van der Waals surface area (Å²) in [5, 5.41) is 13.4. The molecule has 0 spiro atoms. The first-order chi connectivity index (χ1) is 16.1. The Kier molecular flexibility index (Phi) is 6.32. The number of aromatic amines is 1. The largest absolute Gasteiger partial charge is 0.493 e. The summed E-state index contributed by atoms with van der Waals surface area (Å²) in [7, 11) is -2.28. The van der Waals surface area contributed by atoms with E-state index in [1.54, 1.807) is 14.0 Å². The molecule has 12 nitrogen and oxygen atoms in total. The average Bonchev–Trinajstić information content (AvgIpc) is 3.06. The van der Waals surface area contributed by atoms with Gasteiger partial charge >= 0.3 is 6.09 Å². The van der Waals surface area contributed by atoms with Gasteiger partial charge in [0.15, 0.2) is 5.52 Å². The average molecular weight is 491 g/mol. The zero-order chi connectivity index (χ0) is 24.6. The highest BCUT2D eigenvalue weighted by Crippen LogP contribution is 2.31. The minimum Gasteiger partial charge on any atom is -0.493 e. The molecule has 3 aromatic rings. The van der Waals surface area contributed by atoms with Crippen LogP contribution in [0.2, 0.25) is 0 Å². The summed E-state index contributed by atoms with van der Waals surface area (Å²) >= 11 is 0. The molecule has 0 saturated carbocycles. The van der Waals surface area contributed by atoms with Crippen LogP contribution in [0.3, 0.4) is 0 Å². The van der Waals surface area contributed by atoms with Crippen LogP contribution in [0, 0.1) is 0 Å². The molecule has 0 aliphatic carbocycles. The van der Waals surface area contributed by atoms with E-state index in [9.17, 15) is 18.0 Å². The molecule has 1 fully saturated rings. The van der Waals surface area contributed by atoms with Gasteiger partial charge in [-0.3, -0.25) is 9.48 Å². The molecule has 4 rings (SSSR count). The van der Waals surface area contributed by atoms with E-state index >= 15 is 0 Å². The van der Waals surface area contributed by atoms with Gasteiger partial charge in [-0.25, -0.2) is 22.9 Å². The highest BCUT2D eigenvalue weighted by atomic mass is 32.2. The maximum absolute atomic E-state index is 13.0. The van der Waals surface area contributed by atoms with Crippen LogP contribution in [0.1, 0.15) is 26.0 Å². The van der Waals surface area contributed by atoms with E-state index in [1.807, 2.05) is 6.92 Å². The van der Waals surface area contributed by atoms with Crippen LogP contribution >= 0.6 is 0 Å². The molecular weight excluding hydrogens is 464 g/mol. The molecule has 1 aromatic carbocycles. The lowest BCUT2D eigenvalue weighted by atomic mass is 10.1. The highest BCUT2D eigenvalue weighted by molar-refractivity contribution is 7.89. The number of ether oxygens (including phenoxy) is 1. The number of aryl methyl sites for hydroxylation is 2. The Labute approximate surface area is 195 Å². The number of likely N-dealkylation sites (tertiary alicyclic amines) is 1. The molecule has 0 radical (unpaired) electrons. The molecule has 182 valence electrons. The zero-order valence-corrected chi connectivity index (χ0v) is 19.8. The SMILES string of the molecule is CCCc1nn(C)c2c(=O)[nH]c(-c3cc(S(=O)(=O)NC4CN(C(=O)O)C4)ccc3OCC)nc12. The second-order valence-corrected chi connectivity index (χ2v) is 9.74. The minimum absolute atomic E-state index is 0.0533. The van der Waals surface area contributed by atoms with Crippen molar-refractivity contribution in [1.82, 2.24) is 29.4 Å². The Morgan fingerprint density at radius 1 is 1.32 bits per heavy atom. The van der Waals surface area contributed by atoms with Gasteiger partial charge in [-0.1, -0.05) is 13.3 Å². The quantitative estimate of drug-likeness (QED) is 0.426. The Hall–Kier alpha value is -3.45. The highest BCUT2D eigenvalue weighted by Gasteiger charge is 2.34. The third-order valence-electron chi connectivity index (χ3n) is 5.54. The lowest BCUT2D eigenvalue weighted by Gasteiger charge is -2.37. The third-order valence-corrected chi connectivity index (χ3v) is 7.06. The van der Waals surface area contributed by atoms with Crippen molar-refractivity contribution in [3.05, 3.63) is 34.2 Å².